The number of anilines is 2. The van der Waals surface area contributed by atoms with Gasteiger partial charge in [0.2, 0.25) is 5.76 Å². The highest BCUT2D eigenvalue weighted by Crippen LogP contribution is 2.32. The zero-order chi connectivity index (χ0) is 23.5. The number of amides is 1. The lowest BCUT2D eigenvalue weighted by Crippen LogP contribution is -2.17. The summed E-state index contributed by atoms with van der Waals surface area (Å²) in [5.41, 5.74) is 2.18. The molecule has 5 rings (SSSR count). The monoisotopic (exact) mass is 477 g/mol. The molecule has 0 spiro atoms. The van der Waals surface area contributed by atoms with Gasteiger partial charge in [-0.1, -0.05) is 35.5 Å². The maximum absolute atomic E-state index is 12.8. The van der Waals surface area contributed by atoms with Crippen molar-refractivity contribution in [2.24, 2.45) is 0 Å². The average Bonchev–Trinajstić information content (AvgIpc) is 3.36. The van der Waals surface area contributed by atoms with Gasteiger partial charge in [0, 0.05) is 29.1 Å². The topological polar surface area (TPSA) is 120 Å². The maximum atomic E-state index is 12.8. The molecule has 10 heteroatoms. The Hall–Kier alpha value is -4.31. The summed E-state index contributed by atoms with van der Waals surface area (Å²) >= 11 is 0. The van der Waals surface area contributed by atoms with Crippen molar-refractivity contribution >= 4 is 27.3 Å². The minimum atomic E-state index is -3.85. The van der Waals surface area contributed by atoms with Crippen LogP contribution >= 0.6 is 0 Å². The molecule has 2 heterocycles. The number of benzene rings is 3. The van der Waals surface area contributed by atoms with Crippen LogP contribution in [0.5, 0.6) is 11.5 Å². The summed E-state index contributed by atoms with van der Waals surface area (Å²) in [4.78, 5) is 12.5. The summed E-state index contributed by atoms with van der Waals surface area (Å²) in [6.07, 6.45) is 0. The van der Waals surface area contributed by atoms with E-state index in [0.717, 1.165) is 5.56 Å². The number of hydrogen-bond donors (Lipinski definition) is 2. The van der Waals surface area contributed by atoms with Gasteiger partial charge in [-0.2, -0.15) is 0 Å². The van der Waals surface area contributed by atoms with E-state index in [-0.39, 0.29) is 10.7 Å². The van der Waals surface area contributed by atoms with Crippen LogP contribution in [-0.2, 0) is 10.0 Å². The Bertz CT molecular complexity index is 1430. The number of carbonyl (C=O) groups is 1. The molecule has 4 aromatic rings. The summed E-state index contributed by atoms with van der Waals surface area (Å²) < 4.78 is 44.1. The van der Waals surface area contributed by atoms with Crippen LogP contribution in [0.3, 0.4) is 0 Å². The molecule has 1 amide bonds. The third-order valence-electron chi connectivity index (χ3n) is 5.02. The van der Waals surface area contributed by atoms with Gasteiger partial charge >= 0.3 is 0 Å². The molecule has 3 aromatic carbocycles. The number of ether oxygens (including phenoxy) is 2. The number of rotatable bonds is 6. The number of fused-ring (bicyclic) bond motifs is 1. The maximum Gasteiger partial charge on any atom is 0.294 e. The molecule has 0 atom stereocenters. The first-order valence-electron chi connectivity index (χ1n) is 10.3. The lowest BCUT2D eigenvalue weighted by molar-refractivity contribution is 0.0988. The van der Waals surface area contributed by atoms with Crippen LogP contribution in [0.1, 0.15) is 10.6 Å². The number of nitrogens with zero attached hydrogens (tertiary/aromatic N) is 1. The molecule has 1 aliphatic heterocycles. The zero-order valence-corrected chi connectivity index (χ0v) is 18.5. The van der Waals surface area contributed by atoms with Crippen molar-refractivity contribution in [2.75, 3.05) is 23.3 Å². The summed E-state index contributed by atoms with van der Waals surface area (Å²) in [5.74, 6) is 0.476. The molecule has 9 nitrogen and oxygen atoms in total. The lowest BCUT2D eigenvalue weighted by Gasteiger charge is -2.19. The highest BCUT2D eigenvalue weighted by atomic mass is 32.2. The van der Waals surface area contributed by atoms with Crippen molar-refractivity contribution in [1.82, 2.24) is 5.16 Å². The van der Waals surface area contributed by atoms with E-state index in [4.69, 9.17) is 14.0 Å². The first-order chi connectivity index (χ1) is 16.5. The molecular weight excluding hydrogens is 458 g/mol. The summed E-state index contributed by atoms with van der Waals surface area (Å²) in [7, 11) is -3.85. The van der Waals surface area contributed by atoms with Crippen LogP contribution in [-0.4, -0.2) is 32.7 Å². The van der Waals surface area contributed by atoms with Crippen molar-refractivity contribution < 1.29 is 27.2 Å². The highest BCUT2D eigenvalue weighted by Gasteiger charge is 2.20. The van der Waals surface area contributed by atoms with E-state index in [2.05, 4.69) is 15.2 Å². The minimum Gasteiger partial charge on any atom is -0.486 e. The molecule has 1 aromatic heterocycles. The Morgan fingerprint density at radius 2 is 1.53 bits per heavy atom. The molecule has 34 heavy (non-hydrogen) atoms. The van der Waals surface area contributed by atoms with Gasteiger partial charge in [0.1, 0.15) is 18.9 Å². The molecule has 0 aliphatic carbocycles. The van der Waals surface area contributed by atoms with Gasteiger partial charge < -0.3 is 19.3 Å². The highest BCUT2D eigenvalue weighted by molar-refractivity contribution is 7.92. The Morgan fingerprint density at radius 1 is 0.824 bits per heavy atom. The Balaban J connectivity index is 1.25. The van der Waals surface area contributed by atoms with E-state index in [9.17, 15) is 13.2 Å². The first kappa shape index (κ1) is 21.5. The molecule has 0 unspecified atom stereocenters. The minimum absolute atomic E-state index is 0.0497. The van der Waals surface area contributed by atoms with Gasteiger partial charge in [0.05, 0.1) is 4.90 Å². The van der Waals surface area contributed by atoms with Crippen molar-refractivity contribution in [2.45, 2.75) is 4.90 Å². The normalized spacial score (nSPS) is 12.7. The number of sulfonamides is 1. The van der Waals surface area contributed by atoms with Crippen LogP contribution in [0.4, 0.5) is 11.4 Å². The quantitative estimate of drug-likeness (QED) is 0.428. The predicted molar refractivity (Wildman–Crippen MR) is 125 cm³/mol. The molecule has 0 bridgehead atoms. The molecule has 172 valence electrons. The largest absolute Gasteiger partial charge is 0.486 e. The molecule has 0 fully saturated rings. The van der Waals surface area contributed by atoms with E-state index in [1.807, 2.05) is 30.3 Å². The van der Waals surface area contributed by atoms with Gasteiger partial charge in [-0.25, -0.2) is 8.42 Å². The zero-order valence-electron chi connectivity index (χ0n) is 17.7. The van der Waals surface area contributed by atoms with Crippen LogP contribution in [0.2, 0.25) is 0 Å². The fraction of sp³-hybridized carbons (Fsp3) is 0.0833. The van der Waals surface area contributed by atoms with E-state index in [1.54, 1.807) is 36.4 Å². The number of hydrogen-bond acceptors (Lipinski definition) is 7. The molecule has 2 N–H and O–H groups in total. The van der Waals surface area contributed by atoms with Gasteiger partial charge in [-0.3, -0.25) is 9.52 Å². The summed E-state index contributed by atoms with van der Waals surface area (Å²) in [5, 5.41) is 6.63. The number of nitrogens with one attached hydrogen (secondary N) is 2. The van der Waals surface area contributed by atoms with Crippen molar-refractivity contribution in [1.29, 1.82) is 0 Å². The van der Waals surface area contributed by atoms with Crippen LogP contribution in [0.25, 0.3) is 11.3 Å². The standard InChI is InChI=1S/C24H19N3O6S/c28-24(23-15-20(26-33-23)16-4-2-1-3-5-16)25-17-6-8-18(9-7-17)27-34(29,30)19-10-11-21-22(14-19)32-13-12-31-21/h1-11,14-15,27H,12-13H2,(H,25,28). The lowest BCUT2D eigenvalue weighted by atomic mass is 10.1. The van der Waals surface area contributed by atoms with E-state index < -0.39 is 15.9 Å². The molecule has 1 aliphatic rings. The van der Waals surface area contributed by atoms with E-state index in [0.29, 0.717) is 41.8 Å². The number of carbonyl (C=O) groups excluding carboxylic acids is 1. The Morgan fingerprint density at radius 3 is 2.29 bits per heavy atom. The molecule has 0 saturated carbocycles. The van der Waals surface area contributed by atoms with Crippen molar-refractivity contribution in [3.8, 4) is 22.8 Å². The fourth-order valence-electron chi connectivity index (χ4n) is 3.35. The number of aromatic nitrogens is 1. The van der Waals surface area contributed by atoms with Crippen molar-refractivity contribution in [3.05, 3.63) is 84.6 Å². The van der Waals surface area contributed by atoms with E-state index >= 15 is 0 Å². The molecule has 0 radical (unpaired) electrons. The van der Waals surface area contributed by atoms with Crippen LogP contribution < -0.4 is 19.5 Å². The molecular formula is C24H19N3O6S. The smallest absolute Gasteiger partial charge is 0.294 e. The third-order valence-corrected chi connectivity index (χ3v) is 6.40. The fourth-order valence-corrected chi connectivity index (χ4v) is 4.42. The SMILES string of the molecule is O=C(Nc1ccc(NS(=O)(=O)c2ccc3c(c2)OCCO3)cc1)c1cc(-c2ccccc2)no1. The third kappa shape index (κ3) is 4.57. The second-order valence-corrected chi connectivity index (χ2v) is 9.07. The van der Waals surface area contributed by atoms with Gasteiger partial charge in [0.25, 0.3) is 15.9 Å². The summed E-state index contributed by atoms with van der Waals surface area (Å²) in [6.45, 7) is 0.781. The Labute approximate surface area is 195 Å². The average molecular weight is 477 g/mol. The predicted octanol–water partition coefficient (Wildman–Crippen LogP) is 4.17. The summed E-state index contributed by atoms with van der Waals surface area (Å²) in [6, 6.07) is 21.6. The van der Waals surface area contributed by atoms with Crippen LogP contribution in [0, 0.1) is 0 Å². The van der Waals surface area contributed by atoms with Gasteiger partial charge in [-0.05, 0) is 36.4 Å². The second-order valence-electron chi connectivity index (χ2n) is 7.38. The first-order valence-corrected chi connectivity index (χ1v) is 11.8. The van der Waals surface area contributed by atoms with Gasteiger partial charge in [-0.15, -0.1) is 0 Å². The molecule has 0 saturated heterocycles. The van der Waals surface area contributed by atoms with Gasteiger partial charge in [0.15, 0.2) is 11.5 Å². The Kier molecular flexibility index (Phi) is 5.64. The van der Waals surface area contributed by atoms with Crippen molar-refractivity contribution in [3.63, 3.8) is 0 Å². The van der Waals surface area contributed by atoms with Crippen LogP contribution in [0.15, 0.2) is 88.3 Å². The second kappa shape index (κ2) is 8.91. The van der Waals surface area contributed by atoms with E-state index in [1.165, 1.54) is 12.1 Å².